The molecule has 1 aromatic carbocycles. The van der Waals surface area contributed by atoms with E-state index in [2.05, 4.69) is 20.8 Å². The van der Waals surface area contributed by atoms with E-state index in [0.717, 1.165) is 0 Å². The van der Waals surface area contributed by atoms with E-state index >= 15 is 0 Å². The monoisotopic (exact) mass is 415 g/mol. The zero-order valence-corrected chi connectivity index (χ0v) is 16.1. The van der Waals surface area contributed by atoms with Crippen LogP contribution in [0.3, 0.4) is 0 Å². The van der Waals surface area contributed by atoms with Crippen molar-refractivity contribution in [1.82, 2.24) is 20.1 Å². The van der Waals surface area contributed by atoms with Crippen LogP contribution in [0.25, 0.3) is 0 Å². The molecule has 0 saturated carbocycles. The van der Waals surface area contributed by atoms with Gasteiger partial charge in [-0.15, -0.1) is 10.2 Å². The molecule has 2 amide bonds. The van der Waals surface area contributed by atoms with Gasteiger partial charge in [-0.3, -0.25) is 9.59 Å². The number of rotatable bonds is 8. The molecule has 2 heterocycles. The summed E-state index contributed by atoms with van der Waals surface area (Å²) in [6.45, 7) is 0.151. The van der Waals surface area contributed by atoms with E-state index in [1.54, 1.807) is 35.9 Å². The Morgan fingerprint density at radius 1 is 1.21 bits per heavy atom. The summed E-state index contributed by atoms with van der Waals surface area (Å²) in [5.41, 5.74) is 0.486. The summed E-state index contributed by atoms with van der Waals surface area (Å²) in [5.74, 6) is -0.973. The Morgan fingerprint density at radius 3 is 2.76 bits per heavy atom. The first kappa shape index (κ1) is 20.1. The lowest BCUT2D eigenvalue weighted by Crippen LogP contribution is -2.24. The third-order valence-corrected chi connectivity index (χ3v) is 4.82. The topological polar surface area (TPSA) is 139 Å². The van der Waals surface area contributed by atoms with Gasteiger partial charge in [0.2, 0.25) is 5.91 Å². The highest BCUT2D eigenvalue weighted by molar-refractivity contribution is 7.99. The lowest BCUT2D eigenvalue weighted by molar-refractivity contribution is -0.113. The second-order valence-corrected chi connectivity index (χ2v) is 6.78. The molecule has 0 aliphatic rings. The van der Waals surface area contributed by atoms with Crippen molar-refractivity contribution in [3.63, 3.8) is 0 Å². The van der Waals surface area contributed by atoms with Crippen LogP contribution in [-0.4, -0.2) is 43.4 Å². The molecular formula is C18H17N5O5S. The molecule has 11 heteroatoms. The van der Waals surface area contributed by atoms with Gasteiger partial charge in [0.25, 0.3) is 5.91 Å². The number of aromatic nitrogens is 3. The lowest BCUT2D eigenvalue weighted by atomic mass is 10.2. The summed E-state index contributed by atoms with van der Waals surface area (Å²) < 4.78 is 6.69. The van der Waals surface area contributed by atoms with Gasteiger partial charge in [0.1, 0.15) is 0 Å². The molecule has 0 radical (unpaired) electrons. The van der Waals surface area contributed by atoms with E-state index in [-0.39, 0.29) is 35.4 Å². The molecule has 150 valence electrons. The largest absolute Gasteiger partial charge is 0.478 e. The minimum absolute atomic E-state index is 0.0576. The minimum Gasteiger partial charge on any atom is -0.478 e. The Hall–Kier alpha value is -3.60. The first-order chi connectivity index (χ1) is 13.9. The average Bonchev–Trinajstić information content (AvgIpc) is 3.35. The van der Waals surface area contributed by atoms with E-state index < -0.39 is 5.97 Å². The van der Waals surface area contributed by atoms with Crippen molar-refractivity contribution in [3.8, 4) is 0 Å². The Kier molecular flexibility index (Phi) is 6.29. The van der Waals surface area contributed by atoms with Gasteiger partial charge < -0.3 is 24.7 Å². The van der Waals surface area contributed by atoms with Gasteiger partial charge in [0.15, 0.2) is 16.7 Å². The number of anilines is 1. The molecule has 0 spiro atoms. The smallest absolute Gasteiger partial charge is 0.335 e. The van der Waals surface area contributed by atoms with Crippen molar-refractivity contribution < 1.29 is 23.9 Å². The fraction of sp³-hybridized carbons (Fsp3) is 0.167. The number of hydrogen-bond donors (Lipinski definition) is 3. The maximum Gasteiger partial charge on any atom is 0.335 e. The summed E-state index contributed by atoms with van der Waals surface area (Å²) in [5, 5.41) is 22.8. The van der Waals surface area contributed by atoms with E-state index in [0.29, 0.717) is 16.7 Å². The molecule has 3 rings (SSSR count). The third kappa shape index (κ3) is 5.23. The van der Waals surface area contributed by atoms with Crippen LogP contribution in [0.2, 0.25) is 0 Å². The molecule has 3 N–H and O–H groups in total. The highest BCUT2D eigenvalue weighted by atomic mass is 32.2. The number of hydrogen-bond acceptors (Lipinski definition) is 7. The van der Waals surface area contributed by atoms with Gasteiger partial charge in [-0.05, 0) is 30.3 Å². The molecule has 29 heavy (non-hydrogen) atoms. The molecular weight excluding hydrogens is 398 g/mol. The molecule has 0 aliphatic carbocycles. The highest BCUT2D eigenvalue weighted by Crippen LogP contribution is 2.17. The molecule has 0 aliphatic heterocycles. The van der Waals surface area contributed by atoms with Crippen molar-refractivity contribution in [2.75, 3.05) is 11.1 Å². The predicted molar refractivity (Wildman–Crippen MR) is 104 cm³/mol. The molecule has 3 aromatic rings. The summed E-state index contributed by atoms with van der Waals surface area (Å²) in [6, 6.07) is 9.16. The van der Waals surface area contributed by atoms with Crippen LogP contribution >= 0.6 is 11.8 Å². The second-order valence-electron chi connectivity index (χ2n) is 5.84. The van der Waals surface area contributed by atoms with Crippen molar-refractivity contribution >= 4 is 35.2 Å². The molecule has 0 saturated heterocycles. The standard InChI is InChI=1S/C18H17N5O5S/c1-23-14(9-19-16(25)13-6-3-7-28-13)21-22-18(23)29-10-15(24)20-12-5-2-4-11(8-12)17(26)27/h2-8H,9-10H2,1H3,(H,19,25)(H,20,24)(H,26,27). The summed E-state index contributed by atoms with van der Waals surface area (Å²) in [6.07, 6.45) is 1.41. The number of carboxylic acid groups (broad SMARTS) is 1. The van der Waals surface area contributed by atoms with Crippen LogP contribution in [0.5, 0.6) is 0 Å². The maximum atomic E-state index is 12.1. The first-order valence-corrected chi connectivity index (χ1v) is 9.38. The zero-order chi connectivity index (χ0) is 20.8. The molecule has 0 bridgehead atoms. The fourth-order valence-electron chi connectivity index (χ4n) is 2.34. The van der Waals surface area contributed by atoms with Crippen LogP contribution in [0.4, 0.5) is 5.69 Å². The zero-order valence-electron chi connectivity index (χ0n) is 15.3. The van der Waals surface area contributed by atoms with Gasteiger partial charge >= 0.3 is 5.97 Å². The van der Waals surface area contributed by atoms with Crippen LogP contribution in [0, 0.1) is 0 Å². The Labute approximate surface area is 169 Å². The number of benzene rings is 1. The fourth-order valence-corrected chi connectivity index (χ4v) is 3.07. The number of carboxylic acids is 1. The van der Waals surface area contributed by atoms with Crippen molar-refractivity contribution in [3.05, 3.63) is 59.8 Å². The molecule has 2 aromatic heterocycles. The second kappa shape index (κ2) is 9.06. The third-order valence-electron chi connectivity index (χ3n) is 3.80. The van der Waals surface area contributed by atoms with Gasteiger partial charge in [0, 0.05) is 12.7 Å². The summed E-state index contributed by atoms with van der Waals surface area (Å²) in [7, 11) is 1.73. The van der Waals surface area contributed by atoms with Gasteiger partial charge in [-0.25, -0.2) is 4.79 Å². The molecule has 0 atom stereocenters. The number of carbonyl (C=O) groups is 3. The Bertz CT molecular complexity index is 1030. The van der Waals surface area contributed by atoms with Crippen LogP contribution < -0.4 is 10.6 Å². The Morgan fingerprint density at radius 2 is 2.03 bits per heavy atom. The van der Waals surface area contributed by atoms with E-state index in [1.807, 2.05) is 0 Å². The number of nitrogens with zero attached hydrogens (tertiary/aromatic N) is 3. The summed E-state index contributed by atoms with van der Waals surface area (Å²) >= 11 is 1.17. The van der Waals surface area contributed by atoms with Crippen molar-refractivity contribution in [2.24, 2.45) is 7.05 Å². The number of aromatic carboxylic acids is 1. The van der Waals surface area contributed by atoms with E-state index in [1.165, 1.54) is 30.2 Å². The number of amides is 2. The Balaban J connectivity index is 1.52. The summed E-state index contributed by atoms with van der Waals surface area (Å²) in [4.78, 5) is 35.0. The quantitative estimate of drug-likeness (QED) is 0.473. The SMILES string of the molecule is Cn1c(CNC(=O)c2ccco2)nnc1SCC(=O)Nc1cccc(C(=O)O)c1. The number of carbonyl (C=O) groups excluding carboxylic acids is 2. The van der Waals surface area contributed by atoms with Gasteiger partial charge in [-0.1, -0.05) is 17.8 Å². The molecule has 10 nitrogen and oxygen atoms in total. The predicted octanol–water partition coefficient (Wildman–Crippen LogP) is 1.77. The average molecular weight is 415 g/mol. The first-order valence-electron chi connectivity index (χ1n) is 8.40. The normalized spacial score (nSPS) is 10.5. The molecule has 0 fully saturated rings. The maximum absolute atomic E-state index is 12.1. The minimum atomic E-state index is -1.07. The lowest BCUT2D eigenvalue weighted by Gasteiger charge is -2.06. The highest BCUT2D eigenvalue weighted by Gasteiger charge is 2.14. The van der Waals surface area contributed by atoms with Crippen LogP contribution in [0.1, 0.15) is 26.7 Å². The van der Waals surface area contributed by atoms with Crippen molar-refractivity contribution in [1.29, 1.82) is 0 Å². The van der Waals surface area contributed by atoms with Crippen LogP contribution in [0.15, 0.2) is 52.2 Å². The number of furan rings is 1. The van der Waals surface area contributed by atoms with Crippen LogP contribution in [-0.2, 0) is 18.4 Å². The number of nitrogens with one attached hydrogen (secondary N) is 2. The van der Waals surface area contributed by atoms with Gasteiger partial charge in [0.05, 0.1) is 24.1 Å². The van der Waals surface area contributed by atoms with Crippen molar-refractivity contribution in [2.45, 2.75) is 11.7 Å². The molecule has 0 unspecified atom stereocenters. The van der Waals surface area contributed by atoms with E-state index in [4.69, 9.17) is 9.52 Å². The van der Waals surface area contributed by atoms with E-state index in [9.17, 15) is 14.4 Å². The van der Waals surface area contributed by atoms with Gasteiger partial charge in [-0.2, -0.15) is 0 Å². The number of thioether (sulfide) groups is 1.